The molecule has 33 heavy (non-hydrogen) atoms. The molecule has 11 heteroatoms. The van der Waals surface area contributed by atoms with Gasteiger partial charge in [0.15, 0.2) is 0 Å². The lowest BCUT2D eigenvalue weighted by molar-refractivity contribution is -0.274. The fraction of sp³-hybridized carbons (Fsp3) is 0.364. The number of hydrazine groups is 1. The van der Waals surface area contributed by atoms with Crippen LogP contribution < -0.4 is 15.1 Å². The van der Waals surface area contributed by atoms with Crippen molar-refractivity contribution in [1.29, 1.82) is 0 Å². The van der Waals surface area contributed by atoms with Gasteiger partial charge >= 0.3 is 6.36 Å². The Bertz CT molecular complexity index is 1010. The minimum absolute atomic E-state index is 0.224. The third-order valence-electron chi connectivity index (χ3n) is 5.35. The first-order chi connectivity index (χ1) is 15.8. The molecule has 2 aliphatic rings. The number of carbonyl (C=O) groups excluding carboxylic acids is 1. The normalized spacial score (nSPS) is 17.2. The third-order valence-corrected chi connectivity index (χ3v) is 5.35. The SMILES string of the molecule is CC1=CN(c2ccc(OC(F)(F)F)cc2)CN1Cc1ccncc1C(=O)NN1CCOCC1. The molecule has 0 unspecified atom stereocenters. The highest BCUT2D eigenvalue weighted by Crippen LogP contribution is 2.29. The maximum atomic E-state index is 12.8. The van der Waals surface area contributed by atoms with Gasteiger partial charge in [0.05, 0.1) is 25.4 Å². The standard InChI is InChI=1S/C22H24F3N5O3/c1-16-13-29(18-2-4-19(5-3-18)33-22(23,24)25)15-28(16)14-17-6-7-26-12-20(17)21(31)27-30-8-10-32-11-9-30/h2-7,12-13H,8-11,14-15H2,1H3,(H,27,31). The Morgan fingerprint density at radius 1 is 1.18 bits per heavy atom. The van der Waals surface area contributed by atoms with E-state index < -0.39 is 6.36 Å². The summed E-state index contributed by atoms with van der Waals surface area (Å²) >= 11 is 0. The van der Waals surface area contributed by atoms with Gasteiger partial charge in [-0.3, -0.25) is 15.2 Å². The summed E-state index contributed by atoms with van der Waals surface area (Å²) in [5.41, 5.74) is 5.90. The number of aromatic nitrogens is 1. The summed E-state index contributed by atoms with van der Waals surface area (Å²) in [5, 5.41) is 1.83. The number of ether oxygens (including phenoxy) is 2. The molecule has 1 N–H and O–H groups in total. The molecule has 1 saturated heterocycles. The maximum absolute atomic E-state index is 12.8. The highest BCUT2D eigenvalue weighted by molar-refractivity contribution is 5.95. The molecule has 0 bridgehead atoms. The minimum atomic E-state index is -4.72. The molecule has 0 spiro atoms. The summed E-state index contributed by atoms with van der Waals surface area (Å²) in [6.07, 6.45) is 0.386. The molecule has 1 fully saturated rings. The van der Waals surface area contributed by atoms with Gasteiger partial charge < -0.3 is 19.3 Å². The Kier molecular flexibility index (Phi) is 6.70. The molecular formula is C22H24F3N5O3. The number of carbonyl (C=O) groups is 1. The van der Waals surface area contributed by atoms with Gasteiger partial charge in [0, 0.05) is 49.6 Å². The summed E-state index contributed by atoms with van der Waals surface area (Å²) in [4.78, 5) is 20.9. The van der Waals surface area contributed by atoms with Crippen LogP contribution in [-0.4, -0.2) is 60.1 Å². The zero-order valence-electron chi connectivity index (χ0n) is 18.0. The largest absolute Gasteiger partial charge is 0.573 e. The summed E-state index contributed by atoms with van der Waals surface area (Å²) in [7, 11) is 0. The number of halogens is 3. The first kappa shape index (κ1) is 22.9. The molecule has 3 heterocycles. The number of hydrogen-bond acceptors (Lipinski definition) is 7. The van der Waals surface area contributed by atoms with Crippen molar-refractivity contribution in [3.63, 3.8) is 0 Å². The molecule has 2 aliphatic heterocycles. The van der Waals surface area contributed by atoms with E-state index in [0.717, 1.165) is 16.9 Å². The molecule has 4 rings (SSSR count). The highest BCUT2D eigenvalue weighted by Gasteiger charge is 2.31. The molecule has 0 radical (unpaired) electrons. The Morgan fingerprint density at radius 3 is 2.61 bits per heavy atom. The van der Waals surface area contributed by atoms with Gasteiger partial charge in [-0.15, -0.1) is 13.2 Å². The van der Waals surface area contributed by atoms with Crippen LogP contribution >= 0.6 is 0 Å². The zero-order chi connectivity index (χ0) is 23.4. The minimum Gasteiger partial charge on any atom is -0.406 e. The number of nitrogens with one attached hydrogen (secondary N) is 1. The molecule has 0 atom stereocenters. The summed E-state index contributed by atoms with van der Waals surface area (Å²) in [6, 6.07) is 7.52. The van der Waals surface area contributed by atoms with Crippen LogP contribution in [0.25, 0.3) is 0 Å². The first-order valence-electron chi connectivity index (χ1n) is 10.4. The van der Waals surface area contributed by atoms with Crippen LogP contribution in [0.2, 0.25) is 0 Å². The van der Waals surface area contributed by atoms with E-state index in [1.807, 2.05) is 29.1 Å². The third kappa shape index (κ3) is 5.93. The number of anilines is 1. The highest BCUT2D eigenvalue weighted by atomic mass is 19.4. The fourth-order valence-electron chi connectivity index (χ4n) is 3.66. The number of hydrogen-bond donors (Lipinski definition) is 1. The molecular weight excluding hydrogens is 439 g/mol. The van der Waals surface area contributed by atoms with E-state index in [9.17, 15) is 18.0 Å². The molecule has 0 saturated carbocycles. The van der Waals surface area contributed by atoms with E-state index in [4.69, 9.17) is 4.74 Å². The number of nitrogens with zero attached hydrogens (tertiary/aromatic N) is 4. The van der Waals surface area contributed by atoms with Crippen molar-refractivity contribution in [3.8, 4) is 5.75 Å². The molecule has 1 amide bonds. The monoisotopic (exact) mass is 463 g/mol. The second kappa shape index (κ2) is 9.67. The van der Waals surface area contributed by atoms with Crippen LogP contribution in [0.4, 0.5) is 18.9 Å². The van der Waals surface area contributed by atoms with Crippen LogP contribution in [0.5, 0.6) is 5.75 Å². The number of alkyl halides is 3. The molecule has 0 aliphatic carbocycles. The van der Waals surface area contributed by atoms with Gasteiger partial charge in [0.2, 0.25) is 0 Å². The lowest BCUT2D eigenvalue weighted by Gasteiger charge is -2.28. The summed E-state index contributed by atoms with van der Waals surface area (Å²) in [5.74, 6) is -0.492. The van der Waals surface area contributed by atoms with Crippen molar-refractivity contribution in [2.75, 3.05) is 37.9 Å². The maximum Gasteiger partial charge on any atom is 0.573 e. The van der Waals surface area contributed by atoms with Crippen molar-refractivity contribution in [2.24, 2.45) is 0 Å². The van der Waals surface area contributed by atoms with Crippen LogP contribution in [0.3, 0.4) is 0 Å². The molecule has 1 aromatic carbocycles. The van der Waals surface area contributed by atoms with Crippen molar-refractivity contribution >= 4 is 11.6 Å². The smallest absolute Gasteiger partial charge is 0.406 e. The summed E-state index contributed by atoms with van der Waals surface area (Å²) in [6.45, 7) is 5.28. The predicted octanol–water partition coefficient (Wildman–Crippen LogP) is 3.10. The number of amides is 1. The fourth-order valence-corrected chi connectivity index (χ4v) is 3.66. The number of pyridine rings is 1. The van der Waals surface area contributed by atoms with E-state index >= 15 is 0 Å². The van der Waals surface area contributed by atoms with Gasteiger partial charge in [-0.1, -0.05) is 0 Å². The lowest BCUT2D eigenvalue weighted by atomic mass is 10.1. The Morgan fingerprint density at radius 2 is 1.91 bits per heavy atom. The lowest BCUT2D eigenvalue weighted by Crippen LogP contribution is -2.48. The van der Waals surface area contributed by atoms with E-state index in [1.54, 1.807) is 24.5 Å². The Balaban J connectivity index is 1.41. The molecule has 8 nitrogen and oxygen atoms in total. The number of rotatable bonds is 6. The van der Waals surface area contributed by atoms with Crippen molar-refractivity contribution in [3.05, 3.63) is 65.7 Å². The van der Waals surface area contributed by atoms with E-state index in [0.29, 0.717) is 45.1 Å². The van der Waals surface area contributed by atoms with E-state index in [1.165, 1.54) is 12.1 Å². The topological polar surface area (TPSA) is 70.2 Å². The van der Waals surface area contributed by atoms with Gasteiger partial charge in [-0.05, 0) is 42.8 Å². The van der Waals surface area contributed by atoms with Crippen molar-refractivity contribution in [1.82, 2.24) is 20.3 Å². The Labute approximate surface area is 189 Å². The van der Waals surface area contributed by atoms with Crippen LogP contribution in [0.1, 0.15) is 22.8 Å². The second-order valence-electron chi connectivity index (χ2n) is 7.69. The van der Waals surface area contributed by atoms with E-state index in [-0.39, 0.29) is 11.7 Å². The average molecular weight is 463 g/mol. The van der Waals surface area contributed by atoms with Crippen LogP contribution in [-0.2, 0) is 11.3 Å². The molecule has 176 valence electrons. The van der Waals surface area contributed by atoms with Crippen LogP contribution in [0, 0.1) is 0 Å². The molecule has 1 aromatic heterocycles. The van der Waals surface area contributed by atoms with Gasteiger partial charge in [-0.25, -0.2) is 5.01 Å². The van der Waals surface area contributed by atoms with Gasteiger partial charge in [-0.2, -0.15) is 0 Å². The number of benzene rings is 1. The Hall–Kier alpha value is -3.31. The van der Waals surface area contributed by atoms with Gasteiger partial charge in [0.1, 0.15) is 5.75 Å². The second-order valence-corrected chi connectivity index (χ2v) is 7.69. The number of morpholine rings is 1. The van der Waals surface area contributed by atoms with Crippen LogP contribution in [0.15, 0.2) is 54.6 Å². The average Bonchev–Trinajstić information content (AvgIpc) is 3.14. The first-order valence-corrected chi connectivity index (χ1v) is 10.4. The zero-order valence-corrected chi connectivity index (χ0v) is 18.0. The number of allylic oxidation sites excluding steroid dienone is 1. The summed E-state index contributed by atoms with van der Waals surface area (Å²) < 4.78 is 46.4. The van der Waals surface area contributed by atoms with E-state index in [2.05, 4.69) is 20.0 Å². The van der Waals surface area contributed by atoms with Crippen molar-refractivity contribution in [2.45, 2.75) is 19.8 Å². The quantitative estimate of drug-likeness (QED) is 0.706. The van der Waals surface area contributed by atoms with Crippen molar-refractivity contribution < 1.29 is 27.4 Å². The predicted molar refractivity (Wildman–Crippen MR) is 114 cm³/mol. The molecule has 2 aromatic rings. The van der Waals surface area contributed by atoms with Gasteiger partial charge in [0.25, 0.3) is 5.91 Å².